The Balaban J connectivity index is 1.65. The summed E-state index contributed by atoms with van der Waals surface area (Å²) in [7, 11) is 0. The van der Waals surface area contributed by atoms with Gasteiger partial charge < -0.3 is 10.1 Å². The van der Waals surface area contributed by atoms with Crippen LogP contribution in [0.15, 0.2) is 52.9 Å². The van der Waals surface area contributed by atoms with Gasteiger partial charge in [-0.25, -0.2) is 9.78 Å². The molecule has 3 rings (SSSR count). The van der Waals surface area contributed by atoms with Crippen LogP contribution in [0.3, 0.4) is 0 Å². The van der Waals surface area contributed by atoms with E-state index in [1.54, 1.807) is 42.5 Å². The van der Waals surface area contributed by atoms with E-state index in [-0.39, 0.29) is 17.1 Å². The van der Waals surface area contributed by atoms with Crippen molar-refractivity contribution < 1.29 is 14.3 Å². The molecule has 3 aromatic rings. The molecule has 0 saturated carbocycles. The van der Waals surface area contributed by atoms with Crippen molar-refractivity contribution in [2.45, 2.75) is 29.9 Å². The average molecular weight is 401 g/mol. The molecule has 2 aromatic carbocycles. The number of aromatic nitrogens is 1. The van der Waals surface area contributed by atoms with Crippen LogP contribution in [0.5, 0.6) is 0 Å². The third-order valence-electron chi connectivity index (χ3n) is 3.84. The quantitative estimate of drug-likeness (QED) is 0.447. The number of carbonyl (C=O) groups excluding carboxylic acids is 2. The first kappa shape index (κ1) is 19.4. The van der Waals surface area contributed by atoms with Crippen molar-refractivity contribution in [2.24, 2.45) is 0 Å². The van der Waals surface area contributed by atoms with Crippen LogP contribution < -0.4 is 5.32 Å². The SMILES string of the molecule is CCOC(=O)c1ccc(NC(=O)[C@@H](CC)Sc2nc3ccccc3s2)cc1. The van der Waals surface area contributed by atoms with Gasteiger partial charge in [-0.3, -0.25) is 4.79 Å². The number of thiazole rings is 1. The van der Waals surface area contributed by atoms with Crippen molar-refractivity contribution in [3.63, 3.8) is 0 Å². The van der Waals surface area contributed by atoms with Gasteiger partial charge in [0.05, 0.1) is 27.6 Å². The first-order chi connectivity index (χ1) is 13.1. The molecule has 0 bridgehead atoms. The first-order valence-corrected chi connectivity index (χ1v) is 10.4. The highest BCUT2D eigenvalue weighted by atomic mass is 32.2. The van der Waals surface area contributed by atoms with E-state index in [2.05, 4.69) is 10.3 Å². The second-order valence-electron chi connectivity index (χ2n) is 5.75. The van der Waals surface area contributed by atoms with Crippen LogP contribution >= 0.6 is 23.1 Å². The molecule has 0 aliphatic rings. The lowest BCUT2D eigenvalue weighted by Crippen LogP contribution is -2.24. The zero-order chi connectivity index (χ0) is 19.2. The fourth-order valence-corrected chi connectivity index (χ4v) is 4.71. The van der Waals surface area contributed by atoms with E-state index in [1.165, 1.54) is 11.8 Å². The standard InChI is InChI=1S/C20H20N2O3S2/c1-3-16(26-20-22-15-7-5-6-8-17(15)27-20)18(23)21-14-11-9-13(10-12-14)19(24)25-4-2/h5-12,16H,3-4H2,1-2H3,(H,21,23)/t16-/m1/s1. The molecule has 27 heavy (non-hydrogen) atoms. The zero-order valence-electron chi connectivity index (χ0n) is 15.1. The maximum absolute atomic E-state index is 12.6. The number of esters is 1. The number of nitrogens with zero attached hydrogens (tertiary/aromatic N) is 1. The molecule has 1 heterocycles. The van der Waals surface area contributed by atoms with Gasteiger partial charge in [-0.1, -0.05) is 30.8 Å². The largest absolute Gasteiger partial charge is 0.462 e. The van der Waals surface area contributed by atoms with Crippen molar-refractivity contribution in [2.75, 3.05) is 11.9 Å². The van der Waals surface area contributed by atoms with E-state index in [0.29, 0.717) is 24.3 Å². The molecule has 0 fully saturated rings. The van der Waals surface area contributed by atoms with Crippen LogP contribution in [0.25, 0.3) is 10.2 Å². The third kappa shape index (κ3) is 4.87. The number of amides is 1. The molecule has 0 spiro atoms. The highest BCUT2D eigenvalue weighted by molar-refractivity contribution is 8.02. The van der Waals surface area contributed by atoms with Crippen LogP contribution in [-0.2, 0) is 9.53 Å². The number of thioether (sulfide) groups is 1. The van der Waals surface area contributed by atoms with Gasteiger partial charge in [0.15, 0.2) is 4.34 Å². The fraction of sp³-hybridized carbons (Fsp3) is 0.250. The minimum atomic E-state index is -0.367. The summed E-state index contributed by atoms with van der Waals surface area (Å²) < 4.78 is 6.96. The number of hydrogen-bond donors (Lipinski definition) is 1. The monoisotopic (exact) mass is 400 g/mol. The minimum Gasteiger partial charge on any atom is -0.462 e. The van der Waals surface area contributed by atoms with Gasteiger partial charge in [0, 0.05) is 5.69 Å². The predicted molar refractivity (Wildman–Crippen MR) is 111 cm³/mol. The topological polar surface area (TPSA) is 68.3 Å². The number of carbonyl (C=O) groups is 2. The molecule has 1 aromatic heterocycles. The number of rotatable bonds is 7. The molecule has 140 valence electrons. The van der Waals surface area contributed by atoms with Crippen molar-refractivity contribution in [3.05, 3.63) is 54.1 Å². The molecule has 0 aliphatic carbocycles. The summed E-state index contributed by atoms with van der Waals surface area (Å²) in [4.78, 5) is 28.9. The van der Waals surface area contributed by atoms with Gasteiger partial charge in [0.1, 0.15) is 0 Å². The fourth-order valence-electron chi connectivity index (χ4n) is 2.47. The Kier molecular flexibility index (Phi) is 6.47. The van der Waals surface area contributed by atoms with Gasteiger partial charge in [-0.2, -0.15) is 0 Å². The molecule has 7 heteroatoms. The number of fused-ring (bicyclic) bond motifs is 1. The Morgan fingerprint density at radius 1 is 1.15 bits per heavy atom. The number of para-hydroxylation sites is 1. The van der Waals surface area contributed by atoms with Crippen LogP contribution in [-0.4, -0.2) is 28.7 Å². The number of benzene rings is 2. The van der Waals surface area contributed by atoms with Crippen molar-refractivity contribution in [1.82, 2.24) is 4.98 Å². The van der Waals surface area contributed by atoms with E-state index < -0.39 is 0 Å². The van der Waals surface area contributed by atoms with E-state index in [1.807, 2.05) is 31.2 Å². The summed E-state index contributed by atoms with van der Waals surface area (Å²) in [5.41, 5.74) is 2.07. The molecule has 5 nitrogen and oxygen atoms in total. The first-order valence-electron chi connectivity index (χ1n) is 8.71. The lowest BCUT2D eigenvalue weighted by atomic mass is 10.2. The lowest BCUT2D eigenvalue weighted by Gasteiger charge is -2.13. The summed E-state index contributed by atoms with van der Waals surface area (Å²) >= 11 is 3.07. The Hall–Kier alpha value is -2.38. The predicted octanol–water partition coefficient (Wildman–Crippen LogP) is 4.98. The maximum Gasteiger partial charge on any atom is 0.338 e. The second kappa shape index (κ2) is 9.01. The Labute approximate surface area is 166 Å². The van der Waals surface area contributed by atoms with Gasteiger partial charge >= 0.3 is 5.97 Å². The summed E-state index contributed by atoms with van der Waals surface area (Å²) in [5, 5.41) is 2.67. The van der Waals surface area contributed by atoms with Crippen molar-refractivity contribution in [1.29, 1.82) is 0 Å². The Bertz CT molecular complexity index is 905. The van der Waals surface area contributed by atoms with Crippen LogP contribution in [0.4, 0.5) is 5.69 Å². The number of anilines is 1. The molecule has 0 unspecified atom stereocenters. The summed E-state index contributed by atoms with van der Waals surface area (Å²) in [6.45, 7) is 4.08. The number of hydrogen-bond acceptors (Lipinski definition) is 6. The van der Waals surface area contributed by atoms with Crippen molar-refractivity contribution >= 4 is 50.9 Å². The minimum absolute atomic E-state index is 0.0781. The summed E-state index contributed by atoms with van der Waals surface area (Å²) in [5.74, 6) is -0.446. The lowest BCUT2D eigenvalue weighted by molar-refractivity contribution is -0.115. The molecule has 1 atom stereocenters. The highest BCUT2D eigenvalue weighted by Crippen LogP contribution is 2.33. The van der Waals surface area contributed by atoms with Gasteiger partial charge in [-0.05, 0) is 49.7 Å². The second-order valence-corrected chi connectivity index (χ2v) is 8.23. The Morgan fingerprint density at radius 3 is 2.56 bits per heavy atom. The van der Waals surface area contributed by atoms with Crippen LogP contribution in [0, 0.1) is 0 Å². The van der Waals surface area contributed by atoms with Crippen molar-refractivity contribution in [3.8, 4) is 0 Å². The van der Waals surface area contributed by atoms with Crippen LogP contribution in [0.2, 0.25) is 0 Å². The molecule has 1 N–H and O–H groups in total. The van der Waals surface area contributed by atoms with E-state index in [0.717, 1.165) is 14.6 Å². The number of ether oxygens (including phenoxy) is 1. The third-order valence-corrected chi connectivity index (χ3v) is 6.34. The van der Waals surface area contributed by atoms with Gasteiger partial charge in [-0.15, -0.1) is 11.3 Å². The molecule has 1 amide bonds. The van der Waals surface area contributed by atoms with E-state index in [9.17, 15) is 9.59 Å². The smallest absolute Gasteiger partial charge is 0.338 e. The summed E-state index contributed by atoms with van der Waals surface area (Å²) in [6, 6.07) is 14.7. The molecule has 0 saturated heterocycles. The van der Waals surface area contributed by atoms with Gasteiger partial charge in [0.2, 0.25) is 5.91 Å². The maximum atomic E-state index is 12.6. The normalized spacial score (nSPS) is 11.9. The highest BCUT2D eigenvalue weighted by Gasteiger charge is 2.20. The van der Waals surface area contributed by atoms with E-state index in [4.69, 9.17) is 4.74 Å². The molecular weight excluding hydrogens is 380 g/mol. The zero-order valence-corrected chi connectivity index (χ0v) is 16.7. The molecule has 0 aliphatic heterocycles. The molecular formula is C20H20N2O3S2. The van der Waals surface area contributed by atoms with Gasteiger partial charge in [0.25, 0.3) is 0 Å². The van der Waals surface area contributed by atoms with E-state index >= 15 is 0 Å². The average Bonchev–Trinajstić information content (AvgIpc) is 3.09. The Morgan fingerprint density at radius 2 is 1.89 bits per heavy atom. The number of nitrogens with one attached hydrogen (secondary N) is 1. The molecule has 0 radical (unpaired) electrons. The summed E-state index contributed by atoms with van der Waals surface area (Å²) in [6.07, 6.45) is 0.688. The van der Waals surface area contributed by atoms with Crippen LogP contribution in [0.1, 0.15) is 30.6 Å².